The number of nitrogens with one attached hydrogen (secondary N) is 2. The van der Waals surface area contributed by atoms with Gasteiger partial charge in [0, 0.05) is 25.7 Å². The minimum Gasteiger partial charge on any atom is -0.481 e. The Bertz CT molecular complexity index is 279. The Morgan fingerprint density at radius 2 is 2.06 bits per heavy atom. The molecule has 1 aliphatic carbocycles. The zero-order valence-corrected chi connectivity index (χ0v) is 10.1. The Morgan fingerprint density at radius 3 is 2.59 bits per heavy atom. The van der Waals surface area contributed by atoms with Crippen LogP contribution in [-0.4, -0.2) is 47.5 Å². The van der Waals surface area contributed by atoms with E-state index in [-0.39, 0.29) is 30.5 Å². The normalized spacial score (nSPS) is 31.8. The highest BCUT2D eigenvalue weighted by molar-refractivity contribution is 5.68. The molecule has 0 spiro atoms. The fraction of sp³-hybridized carbons (Fsp3) is 0.917. The van der Waals surface area contributed by atoms with E-state index in [0.29, 0.717) is 13.1 Å². The predicted octanol–water partition coefficient (Wildman–Crippen LogP) is -0.0562. The molecule has 2 aliphatic rings. The summed E-state index contributed by atoms with van der Waals surface area (Å²) in [4.78, 5) is 10.9. The van der Waals surface area contributed by atoms with E-state index in [1.54, 1.807) is 0 Å². The predicted molar refractivity (Wildman–Crippen MR) is 63.8 cm³/mol. The summed E-state index contributed by atoms with van der Waals surface area (Å²) in [6.07, 6.45) is 4.60. The van der Waals surface area contributed by atoms with Crippen LogP contribution in [0, 0.1) is 5.92 Å². The molecule has 5 heteroatoms. The number of rotatable bonds is 5. The standard InChI is InChI=1S/C12H22N2O3/c15-6-9-3-1-2-4-10(9)14-12(5-11(16)17)7-13-8-12/h9-10,13-15H,1-8H2,(H,16,17). The second-order valence-electron chi connectivity index (χ2n) is 5.43. The van der Waals surface area contributed by atoms with Gasteiger partial charge < -0.3 is 20.8 Å². The van der Waals surface area contributed by atoms with Gasteiger partial charge in [0.1, 0.15) is 0 Å². The van der Waals surface area contributed by atoms with Crippen molar-refractivity contribution in [2.75, 3.05) is 19.7 Å². The van der Waals surface area contributed by atoms with Gasteiger partial charge in [0.25, 0.3) is 0 Å². The summed E-state index contributed by atoms with van der Waals surface area (Å²) in [6.45, 7) is 1.64. The van der Waals surface area contributed by atoms with Crippen molar-refractivity contribution in [3.8, 4) is 0 Å². The quantitative estimate of drug-likeness (QED) is 0.543. The van der Waals surface area contributed by atoms with Crippen LogP contribution in [-0.2, 0) is 4.79 Å². The van der Waals surface area contributed by atoms with Crippen molar-refractivity contribution in [2.24, 2.45) is 5.92 Å². The van der Waals surface area contributed by atoms with Gasteiger partial charge in [0.05, 0.1) is 12.0 Å². The maximum absolute atomic E-state index is 10.9. The molecule has 0 aromatic carbocycles. The Hall–Kier alpha value is -0.650. The Balaban J connectivity index is 1.94. The first-order chi connectivity index (χ1) is 8.15. The molecular formula is C12H22N2O3. The van der Waals surface area contributed by atoms with Gasteiger partial charge in [-0.3, -0.25) is 4.79 Å². The van der Waals surface area contributed by atoms with E-state index in [2.05, 4.69) is 10.6 Å². The molecular weight excluding hydrogens is 220 g/mol. The first-order valence-corrected chi connectivity index (χ1v) is 6.46. The molecule has 0 aromatic rings. The molecule has 2 atom stereocenters. The van der Waals surface area contributed by atoms with Crippen molar-refractivity contribution < 1.29 is 15.0 Å². The summed E-state index contributed by atoms with van der Waals surface area (Å²) < 4.78 is 0. The van der Waals surface area contributed by atoms with Crippen LogP contribution in [0.25, 0.3) is 0 Å². The van der Waals surface area contributed by atoms with Gasteiger partial charge in [-0.05, 0) is 18.8 Å². The molecule has 0 radical (unpaired) electrons. The second kappa shape index (κ2) is 5.33. The van der Waals surface area contributed by atoms with Gasteiger partial charge in [-0.15, -0.1) is 0 Å². The van der Waals surface area contributed by atoms with Gasteiger partial charge in [-0.25, -0.2) is 0 Å². The highest BCUT2D eigenvalue weighted by Crippen LogP contribution is 2.27. The van der Waals surface area contributed by atoms with Crippen molar-refractivity contribution in [2.45, 2.75) is 43.7 Å². The van der Waals surface area contributed by atoms with Crippen molar-refractivity contribution in [1.29, 1.82) is 0 Å². The lowest BCUT2D eigenvalue weighted by atomic mass is 9.80. The van der Waals surface area contributed by atoms with E-state index in [4.69, 9.17) is 5.11 Å². The van der Waals surface area contributed by atoms with E-state index in [0.717, 1.165) is 12.8 Å². The van der Waals surface area contributed by atoms with E-state index in [1.165, 1.54) is 12.8 Å². The molecule has 1 saturated heterocycles. The summed E-state index contributed by atoms with van der Waals surface area (Å²) in [6, 6.07) is 0.273. The number of hydrogen-bond donors (Lipinski definition) is 4. The zero-order valence-electron chi connectivity index (χ0n) is 10.1. The highest BCUT2D eigenvalue weighted by atomic mass is 16.4. The molecule has 17 heavy (non-hydrogen) atoms. The number of hydrogen-bond acceptors (Lipinski definition) is 4. The van der Waals surface area contributed by atoms with Gasteiger partial charge >= 0.3 is 5.97 Å². The maximum Gasteiger partial charge on any atom is 0.305 e. The second-order valence-corrected chi connectivity index (χ2v) is 5.43. The molecule has 5 nitrogen and oxygen atoms in total. The molecule has 0 bridgehead atoms. The third-order valence-electron chi connectivity index (χ3n) is 4.05. The summed E-state index contributed by atoms with van der Waals surface area (Å²) in [5, 5.41) is 24.9. The van der Waals surface area contributed by atoms with Crippen LogP contribution >= 0.6 is 0 Å². The fourth-order valence-electron chi connectivity index (χ4n) is 3.00. The van der Waals surface area contributed by atoms with Crippen LogP contribution in [0.5, 0.6) is 0 Å². The Kier molecular flexibility index (Phi) is 4.01. The van der Waals surface area contributed by atoms with E-state index in [1.807, 2.05) is 0 Å². The average Bonchev–Trinajstić information content (AvgIpc) is 2.26. The SMILES string of the molecule is O=C(O)CC1(NC2CCCCC2CO)CNC1. The van der Waals surface area contributed by atoms with Crippen LogP contribution in [0.2, 0.25) is 0 Å². The highest BCUT2D eigenvalue weighted by Gasteiger charge is 2.42. The fourth-order valence-corrected chi connectivity index (χ4v) is 3.00. The van der Waals surface area contributed by atoms with E-state index >= 15 is 0 Å². The molecule has 98 valence electrons. The molecule has 1 aliphatic heterocycles. The summed E-state index contributed by atoms with van der Waals surface area (Å²) >= 11 is 0. The van der Waals surface area contributed by atoms with Gasteiger partial charge in [0.15, 0.2) is 0 Å². The summed E-state index contributed by atoms with van der Waals surface area (Å²) in [7, 11) is 0. The third-order valence-corrected chi connectivity index (χ3v) is 4.05. The van der Waals surface area contributed by atoms with Crippen molar-refractivity contribution >= 4 is 5.97 Å². The molecule has 0 aromatic heterocycles. The van der Waals surface area contributed by atoms with Crippen LogP contribution in [0.15, 0.2) is 0 Å². The lowest BCUT2D eigenvalue weighted by Gasteiger charge is -2.47. The van der Waals surface area contributed by atoms with E-state index < -0.39 is 5.97 Å². The molecule has 2 unspecified atom stereocenters. The van der Waals surface area contributed by atoms with Crippen molar-refractivity contribution in [1.82, 2.24) is 10.6 Å². The molecule has 2 rings (SSSR count). The van der Waals surface area contributed by atoms with Gasteiger partial charge in [-0.1, -0.05) is 12.8 Å². The Labute approximate surface area is 102 Å². The number of carbonyl (C=O) groups is 1. The maximum atomic E-state index is 10.9. The smallest absolute Gasteiger partial charge is 0.305 e. The van der Waals surface area contributed by atoms with Gasteiger partial charge in [-0.2, -0.15) is 0 Å². The minimum absolute atomic E-state index is 0.161. The summed E-state index contributed by atoms with van der Waals surface area (Å²) in [5.41, 5.74) is -0.290. The number of aliphatic hydroxyl groups excluding tert-OH is 1. The molecule has 1 saturated carbocycles. The first-order valence-electron chi connectivity index (χ1n) is 6.46. The van der Waals surface area contributed by atoms with E-state index in [9.17, 15) is 9.90 Å². The van der Waals surface area contributed by atoms with Crippen LogP contribution in [0.3, 0.4) is 0 Å². The lowest BCUT2D eigenvalue weighted by molar-refractivity contribution is -0.139. The zero-order chi connectivity index (χ0) is 12.3. The Morgan fingerprint density at radius 1 is 1.35 bits per heavy atom. The third kappa shape index (κ3) is 2.97. The number of carboxylic acid groups (broad SMARTS) is 1. The largest absolute Gasteiger partial charge is 0.481 e. The number of carboxylic acids is 1. The molecule has 2 fully saturated rings. The monoisotopic (exact) mass is 242 g/mol. The van der Waals surface area contributed by atoms with Gasteiger partial charge in [0.2, 0.25) is 0 Å². The lowest BCUT2D eigenvalue weighted by Crippen LogP contribution is -2.71. The molecule has 1 heterocycles. The average molecular weight is 242 g/mol. The minimum atomic E-state index is -0.754. The van der Waals surface area contributed by atoms with Crippen LogP contribution < -0.4 is 10.6 Å². The van der Waals surface area contributed by atoms with Crippen LogP contribution in [0.4, 0.5) is 0 Å². The summed E-state index contributed by atoms with van der Waals surface area (Å²) in [5.74, 6) is -0.467. The first kappa shape index (κ1) is 12.8. The van der Waals surface area contributed by atoms with Crippen LogP contribution in [0.1, 0.15) is 32.1 Å². The molecule has 4 N–H and O–H groups in total. The van der Waals surface area contributed by atoms with Crippen molar-refractivity contribution in [3.05, 3.63) is 0 Å². The number of aliphatic hydroxyl groups is 1. The van der Waals surface area contributed by atoms with Crippen molar-refractivity contribution in [3.63, 3.8) is 0 Å². The number of aliphatic carboxylic acids is 1. The molecule has 0 amide bonds. The topological polar surface area (TPSA) is 81.6 Å².